The molecule has 3 rings (SSSR count). The molecule has 2 N–H and O–H groups in total. The normalized spacial score (nSPS) is 13.5. The predicted octanol–water partition coefficient (Wildman–Crippen LogP) is 2.50. The Morgan fingerprint density at radius 3 is 2.26 bits per heavy atom. The molecule has 0 spiro atoms. The molecule has 1 aliphatic carbocycles. The van der Waals surface area contributed by atoms with Crippen molar-refractivity contribution in [3.63, 3.8) is 0 Å². The number of pyridine rings is 1. The molecule has 5 nitrogen and oxygen atoms in total. The van der Waals surface area contributed by atoms with Gasteiger partial charge in [0, 0.05) is 18.4 Å². The van der Waals surface area contributed by atoms with Gasteiger partial charge in [-0.15, -0.1) is 0 Å². The number of nitrogens with zero attached hydrogens (tertiary/aromatic N) is 1. The molecule has 2 aromatic rings. The molecule has 0 unspecified atom stereocenters. The largest absolute Gasteiger partial charge is 0.349 e. The van der Waals surface area contributed by atoms with Crippen molar-refractivity contribution in [2.45, 2.75) is 18.9 Å². The van der Waals surface area contributed by atoms with E-state index in [4.69, 9.17) is 0 Å². The van der Waals surface area contributed by atoms with Crippen LogP contribution in [0, 0.1) is 11.6 Å². The number of para-hydroxylation sites is 1. The molecule has 1 fully saturated rings. The minimum atomic E-state index is -0.881. The molecule has 1 aromatic carbocycles. The molecule has 0 saturated heterocycles. The molecule has 0 radical (unpaired) electrons. The molecule has 0 bridgehead atoms. The van der Waals surface area contributed by atoms with Gasteiger partial charge in [0.15, 0.2) is 0 Å². The predicted molar refractivity (Wildman–Crippen MR) is 79.0 cm³/mol. The topological polar surface area (TPSA) is 71.1 Å². The molecule has 0 aliphatic heterocycles. The van der Waals surface area contributed by atoms with E-state index in [-0.39, 0.29) is 23.1 Å². The second kappa shape index (κ2) is 6.12. The maximum Gasteiger partial charge on any atom is 0.257 e. The number of halogens is 2. The fraction of sp³-hybridized carbons (Fsp3) is 0.188. The fourth-order valence-corrected chi connectivity index (χ4v) is 1.99. The smallest absolute Gasteiger partial charge is 0.257 e. The van der Waals surface area contributed by atoms with E-state index in [0.29, 0.717) is 0 Å². The van der Waals surface area contributed by atoms with Gasteiger partial charge in [-0.05, 0) is 31.0 Å². The number of rotatable bonds is 4. The zero-order valence-corrected chi connectivity index (χ0v) is 12.0. The number of carbonyl (C=O) groups is 2. The van der Waals surface area contributed by atoms with E-state index in [1.807, 2.05) is 0 Å². The first kappa shape index (κ1) is 15.1. The Balaban J connectivity index is 1.78. The third-order valence-electron chi connectivity index (χ3n) is 3.38. The summed E-state index contributed by atoms with van der Waals surface area (Å²) in [5.74, 6) is -2.84. The van der Waals surface area contributed by atoms with Crippen molar-refractivity contribution in [2.24, 2.45) is 0 Å². The Morgan fingerprint density at radius 2 is 1.65 bits per heavy atom. The third-order valence-corrected chi connectivity index (χ3v) is 3.38. The highest BCUT2D eigenvalue weighted by Gasteiger charge is 2.24. The summed E-state index contributed by atoms with van der Waals surface area (Å²) in [7, 11) is 0. The Bertz CT molecular complexity index is 755. The average molecular weight is 317 g/mol. The lowest BCUT2D eigenvalue weighted by Gasteiger charge is -2.08. The summed E-state index contributed by atoms with van der Waals surface area (Å²) < 4.78 is 27.1. The van der Waals surface area contributed by atoms with Gasteiger partial charge >= 0.3 is 0 Å². The number of hydrogen-bond donors (Lipinski definition) is 2. The highest BCUT2D eigenvalue weighted by atomic mass is 19.1. The van der Waals surface area contributed by atoms with Crippen LogP contribution in [-0.4, -0.2) is 22.8 Å². The van der Waals surface area contributed by atoms with E-state index in [1.165, 1.54) is 24.5 Å². The van der Waals surface area contributed by atoms with Crippen LogP contribution in [0.3, 0.4) is 0 Å². The Labute approximate surface area is 130 Å². The highest BCUT2D eigenvalue weighted by molar-refractivity contribution is 6.06. The van der Waals surface area contributed by atoms with Crippen LogP contribution in [-0.2, 0) is 0 Å². The SMILES string of the molecule is O=C(Nc1c(F)cccc1F)c1cncc(C(=O)NC2CC2)c1. The van der Waals surface area contributed by atoms with E-state index < -0.39 is 23.2 Å². The van der Waals surface area contributed by atoms with Crippen LogP contribution in [0.1, 0.15) is 33.6 Å². The van der Waals surface area contributed by atoms with Gasteiger partial charge in [0.25, 0.3) is 11.8 Å². The summed E-state index contributed by atoms with van der Waals surface area (Å²) in [6.07, 6.45) is 4.43. The monoisotopic (exact) mass is 317 g/mol. The summed E-state index contributed by atoms with van der Waals surface area (Å²) in [4.78, 5) is 27.9. The van der Waals surface area contributed by atoms with Crippen molar-refractivity contribution in [2.75, 3.05) is 5.32 Å². The average Bonchev–Trinajstić information content (AvgIpc) is 3.35. The standard InChI is InChI=1S/C16H13F2N3O2/c17-12-2-1-3-13(18)14(12)21-16(23)10-6-9(7-19-8-10)15(22)20-11-4-5-11/h1-3,6-8,11H,4-5H2,(H,20,22)(H,21,23). The lowest BCUT2D eigenvalue weighted by molar-refractivity contribution is 0.0950. The van der Waals surface area contributed by atoms with Crippen LogP contribution in [0.2, 0.25) is 0 Å². The molecular weight excluding hydrogens is 304 g/mol. The van der Waals surface area contributed by atoms with Crippen LogP contribution in [0.15, 0.2) is 36.7 Å². The summed E-state index contributed by atoms with van der Waals surface area (Å²) >= 11 is 0. The first-order valence-electron chi connectivity index (χ1n) is 7.06. The molecular formula is C16H13F2N3O2. The van der Waals surface area contributed by atoms with Crippen LogP contribution in [0.5, 0.6) is 0 Å². The lowest BCUT2D eigenvalue weighted by atomic mass is 10.1. The molecule has 0 atom stereocenters. The maximum atomic E-state index is 13.5. The van der Waals surface area contributed by atoms with Gasteiger partial charge < -0.3 is 10.6 Å². The van der Waals surface area contributed by atoms with Crippen LogP contribution in [0.4, 0.5) is 14.5 Å². The van der Waals surface area contributed by atoms with Gasteiger partial charge in [0.1, 0.15) is 17.3 Å². The summed E-state index contributed by atoms with van der Waals surface area (Å²) in [5, 5.41) is 4.93. The van der Waals surface area contributed by atoms with E-state index in [1.54, 1.807) is 0 Å². The Morgan fingerprint density at radius 1 is 1.04 bits per heavy atom. The molecule has 1 saturated carbocycles. The van der Waals surface area contributed by atoms with Crippen LogP contribution < -0.4 is 10.6 Å². The van der Waals surface area contributed by atoms with E-state index in [2.05, 4.69) is 15.6 Å². The Kier molecular flexibility index (Phi) is 4.01. The maximum absolute atomic E-state index is 13.5. The van der Waals surface area contributed by atoms with Gasteiger partial charge in [0.05, 0.1) is 11.1 Å². The quantitative estimate of drug-likeness (QED) is 0.910. The number of anilines is 1. The first-order chi connectivity index (χ1) is 11.0. The molecule has 23 heavy (non-hydrogen) atoms. The zero-order chi connectivity index (χ0) is 16.4. The third kappa shape index (κ3) is 3.50. The zero-order valence-electron chi connectivity index (χ0n) is 12.0. The number of carbonyl (C=O) groups excluding carboxylic acids is 2. The van der Waals surface area contributed by atoms with Crippen molar-refractivity contribution >= 4 is 17.5 Å². The number of nitrogens with one attached hydrogen (secondary N) is 2. The second-order valence-electron chi connectivity index (χ2n) is 5.26. The van der Waals surface area contributed by atoms with Gasteiger partial charge in [-0.1, -0.05) is 6.07 Å². The first-order valence-corrected chi connectivity index (χ1v) is 7.06. The molecule has 1 aromatic heterocycles. The molecule has 7 heteroatoms. The van der Waals surface area contributed by atoms with Gasteiger partial charge in [-0.25, -0.2) is 8.78 Å². The molecule has 1 heterocycles. The minimum Gasteiger partial charge on any atom is -0.349 e. The van der Waals surface area contributed by atoms with Crippen molar-refractivity contribution in [3.8, 4) is 0 Å². The Hall–Kier alpha value is -2.83. The highest BCUT2D eigenvalue weighted by Crippen LogP contribution is 2.20. The van der Waals surface area contributed by atoms with E-state index in [9.17, 15) is 18.4 Å². The molecule has 118 valence electrons. The summed E-state index contributed by atoms with van der Waals surface area (Å²) in [6.45, 7) is 0. The number of amides is 2. The van der Waals surface area contributed by atoms with Crippen molar-refractivity contribution < 1.29 is 18.4 Å². The number of aromatic nitrogens is 1. The lowest BCUT2D eigenvalue weighted by Crippen LogP contribution is -2.26. The van der Waals surface area contributed by atoms with Crippen LogP contribution in [0.25, 0.3) is 0 Å². The molecule has 2 amide bonds. The van der Waals surface area contributed by atoms with Crippen molar-refractivity contribution in [3.05, 3.63) is 59.4 Å². The van der Waals surface area contributed by atoms with E-state index >= 15 is 0 Å². The fourth-order valence-electron chi connectivity index (χ4n) is 1.99. The van der Waals surface area contributed by atoms with Gasteiger partial charge in [-0.3, -0.25) is 14.6 Å². The summed E-state index contributed by atoms with van der Waals surface area (Å²) in [5.41, 5.74) is -0.278. The number of hydrogen-bond acceptors (Lipinski definition) is 3. The second-order valence-corrected chi connectivity index (χ2v) is 5.26. The van der Waals surface area contributed by atoms with Crippen molar-refractivity contribution in [1.29, 1.82) is 0 Å². The minimum absolute atomic E-state index is 0.0381. The molecule has 1 aliphatic rings. The van der Waals surface area contributed by atoms with Crippen molar-refractivity contribution in [1.82, 2.24) is 10.3 Å². The summed E-state index contributed by atoms with van der Waals surface area (Å²) in [6, 6.07) is 4.78. The number of benzene rings is 1. The van der Waals surface area contributed by atoms with Gasteiger partial charge in [-0.2, -0.15) is 0 Å². The van der Waals surface area contributed by atoms with Gasteiger partial charge in [0.2, 0.25) is 0 Å². The van der Waals surface area contributed by atoms with E-state index in [0.717, 1.165) is 25.0 Å². The van der Waals surface area contributed by atoms with Crippen LogP contribution >= 0.6 is 0 Å².